The van der Waals surface area contributed by atoms with Crippen LogP contribution in [0.1, 0.15) is 43.0 Å². The number of ether oxygens (including phenoxy) is 2. The van der Waals surface area contributed by atoms with Crippen molar-refractivity contribution in [1.29, 1.82) is 0 Å². The van der Waals surface area contributed by atoms with E-state index in [0.717, 1.165) is 24.0 Å². The van der Waals surface area contributed by atoms with E-state index in [2.05, 4.69) is 0 Å². The van der Waals surface area contributed by atoms with Gasteiger partial charge in [0.15, 0.2) is 0 Å². The summed E-state index contributed by atoms with van der Waals surface area (Å²) in [6, 6.07) is 13.6. The van der Waals surface area contributed by atoms with Crippen molar-refractivity contribution in [2.75, 3.05) is 13.2 Å². The van der Waals surface area contributed by atoms with E-state index in [9.17, 15) is 9.59 Å². The number of halogens is 2. The maximum atomic E-state index is 13.1. The van der Waals surface area contributed by atoms with Gasteiger partial charge in [-0.15, -0.1) is 0 Å². The van der Waals surface area contributed by atoms with Gasteiger partial charge in [-0.3, -0.25) is 4.79 Å². The van der Waals surface area contributed by atoms with E-state index in [0.29, 0.717) is 10.0 Å². The second-order valence-corrected chi connectivity index (χ2v) is 8.49. The molecule has 1 aliphatic heterocycles. The van der Waals surface area contributed by atoms with Crippen molar-refractivity contribution < 1.29 is 19.1 Å². The van der Waals surface area contributed by atoms with Crippen LogP contribution in [0.25, 0.3) is 0 Å². The number of carbonyl (C=O) groups excluding carboxylic acids is 2. The Bertz CT molecular complexity index is 912. The number of hydrogen-bond donors (Lipinski definition) is 0. The molecule has 4 rings (SSSR count). The first kappa shape index (κ1) is 21.2. The standard InChI is InChI=1S/C23H23Cl2NO4/c1-2-29-23(28)21(15-3-4-15)26-19(27)13-30-22(16-7-11-18(25)12-8-16)20(26)14-5-9-17(24)10-6-14/h5-12,15,20-22H,2-4,13H2,1H3. The average Bonchev–Trinajstić information content (AvgIpc) is 3.56. The zero-order chi connectivity index (χ0) is 21.3. The van der Waals surface area contributed by atoms with Crippen molar-refractivity contribution in [2.45, 2.75) is 38.0 Å². The van der Waals surface area contributed by atoms with Crippen molar-refractivity contribution >= 4 is 35.1 Å². The highest BCUT2D eigenvalue weighted by atomic mass is 35.5. The fraction of sp³-hybridized carbons (Fsp3) is 0.391. The van der Waals surface area contributed by atoms with E-state index in [1.165, 1.54) is 0 Å². The van der Waals surface area contributed by atoms with Crippen LogP contribution in [0.2, 0.25) is 10.0 Å². The van der Waals surface area contributed by atoms with Gasteiger partial charge in [-0.2, -0.15) is 0 Å². The van der Waals surface area contributed by atoms with Gasteiger partial charge in [0.25, 0.3) is 0 Å². The summed E-state index contributed by atoms with van der Waals surface area (Å²) in [5, 5.41) is 1.22. The first-order valence-corrected chi connectivity index (χ1v) is 10.9. The Morgan fingerprint density at radius 1 is 1.07 bits per heavy atom. The van der Waals surface area contributed by atoms with Gasteiger partial charge < -0.3 is 14.4 Å². The van der Waals surface area contributed by atoms with Gasteiger partial charge in [0.2, 0.25) is 5.91 Å². The lowest BCUT2D eigenvalue weighted by molar-refractivity contribution is -0.174. The molecule has 2 aromatic carbocycles. The van der Waals surface area contributed by atoms with E-state index in [-0.39, 0.29) is 31.0 Å². The fourth-order valence-corrected chi connectivity index (χ4v) is 4.31. The molecule has 0 aromatic heterocycles. The lowest BCUT2D eigenvalue weighted by atomic mass is 9.90. The lowest BCUT2D eigenvalue weighted by Gasteiger charge is -2.44. The zero-order valence-electron chi connectivity index (χ0n) is 16.6. The summed E-state index contributed by atoms with van der Waals surface area (Å²) in [5.74, 6) is -0.471. The Morgan fingerprint density at radius 3 is 2.17 bits per heavy atom. The van der Waals surface area contributed by atoms with Gasteiger partial charge in [-0.05, 0) is 61.1 Å². The maximum Gasteiger partial charge on any atom is 0.329 e. The topological polar surface area (TPSA) is 55.8 Å². The van der Waals surface area contributed by atoms with Crippen LogP contribution in [0.15, 0.2) is 48.5 Å². The van der Waals surface area contributed by atoms with Crippen LogP contribution in [-0.2, 0) is 19.1 Å². The Kier molecular flexibility index (Phi) is 6.32. The molecule has 1 saturated heterocycles. The minimum Gasteiger partial charge on any atom is -0.464 e. The second-order valence-electron chi connectivity index (χ2n) is 7.61. The summed E-state index contributed by atoms with van der Waals surface area (Å²) in [5.41, 5.74) is 1.73. The Balaban J connectivity index is 1.80. The molecular weight excluding hydrogens is 425 g/mol. The summed E-state index contributed by atoms with van der Waals surface area (Å²) < 4.78 is 11.4. The van der Waals surface area contributed by atoms with Crippen LogP contribution in [0.3, 0.4) is 0 Å². The molecule has 7 heteroatoms. The number of carbonyl (C=O) groups is 2. The molecule has 158 valence electrons. The average molecular weight is 448 g/mol. The predicted molar refractivity (Wildman–Crippen MR) is 114 cm³/mol. The minimum atomic E-state index is -0.628. The highest BCUT2D eigenvalue weighted by Gasteiger charge is 2.50. The van der Waals surface area contributed by atoms with Crippen LogP contribution in [0.4, 0.5) is 0 Å². The molecule has 3 unspecified atom stereocenters. The van der Waals surface area contributed by atoms with Crippen LogP contribution in [0.5, 0.6) is 0 Å². The third-order valence-electron chi connectivity index (χ3n) is 5.57. The van der Waals surface area contributed by atoms with Crippen molar-refractivity contribution in [2.24, 2.45) is 5.92 Å². The van der Waals surface area contributed by atoms with Crippen molar-refractivity contribution in [3.05, 3.63) is 69.7 Å². The first-order chi connectivity index (χ1) is 14.5. The molecule has 0 N–H and O–H groups in total. The molecule has 1 heterocycles. The van der Waals surface area contributed by atoms with Gasteiger partial charge >= 0.3 is 5.97 Å². The van der Waals surface area contributed by atoms with E-state index in [1.807, 2.05) is 24.3 Å². The van der Waals surface area contributed by atoms with Crippen LogP contribution in [-0.4, -0.2) is 36.0 Å². The normalized spacial score (nSPS) is 22.6. The minimum absolute atomic E-state index is 0.0972. The quantitative estimate of drug-likeness (QED) is 0.586. The smallest absolute Gasteiger partial charge is 0.329 e. The van der Waals surface area contributed by atoms with Crippen LogP contribution >= 0.6 is 23.2 Å². The lowest BCUT2D eigenvalue weighted by Crippen LogP contribution is -2.54. The summed E-state index contributed by atoms with van der Waals surface area (Å²) in [4.78, 5) is 27.7. The van der Waals surface area contributed by atoms with Crippen molar-refractivity contribution in [3.8, 4) is 0 Å². The molecule has 3 atom stereocenters. The molecule has 2 aromatic rings. The molecule has 1 amide bonds. The summed E-state index contributed by atoms with van der Waals surface area (Å²) in [7, 11) is 0. The Morgan fingerprint density at radius 2 is 1.63 bits per heavy atom. The van der Waals surface area contributed by atoms with Crippen LogP contribution < -0.4 is 0 Å². The molecule has 30 heavy (non-hydrogen) atoms. The molecule has 1 aliphatic carbocycles. The predicted octanol–water partition coefficient (Wildman–Crippen LogP) is 4.98. The van der Waals surface area contributed by atoms with Gasteiger partial charge in [-0.1, -0.05) is 47.5 Å². The molecule has 2 aliphatic rings. The Labute approximate surface area is 185 Å². The van der Waals surface area contributed by atoms with Crippen molar-refractivity contribution in [3.63, 3.8) is 0 Å². The third-order valence-corrected chi connectivity index (χ3v) is 6.07. The first-order valence-electron chi connectivity index (χ1n) is 10.1. The molecule has 2 fully saturated rings. The SMILES string of the molecule is CCOC(=O)C(C1CC1)N1C(=O)COC(c2ccc(Cl)cc2)C1c1ccc(Cl)cc1. The monoisotopic (exact) mass is 447 g/mol. The van der Waals surface area contributed by atoms with Crippen LogP contribution in [0, 0.1) is 5.92 Å². The maximum absolute atomic E-state index is 13.1. The highest BCUT2D eigenvalue weighted by Crippen LogP contribution is 2.46. The molecule has 0 radical (unpaired) electrons. The largest absolute Gasteiger partial charge is 0.464 e. The number of hydrogen-bond acceptors (Lipinski definition) is 4. The number of nitrogens with zero attached hydrogens (tertiary/aromatic N) is 1. The number of morpholine rings is 1. The molecule has 1 saturated carbocycles. The second kappa shape index (κ2) is 8.96. The molecule has 0 spiro atoms. The zero-order valence-corrected chi connectivity index (χ0v) is 18.1. The summed E-state index contributed by atoms with van der Waals surface area (Å²) in [6.45, 7) is 1.95. The summed E-state index contributed by atoms with van der Waals surface area (Å²) >= 11 is 12.2. The fourth-order valence-electron chi connectivity index (χ4n) is 4.05. The van der Waals surface area contributed by atoms with Gasteiger partial charge in [0.05, 0.1) is 12.6 Å². The number of esters is 1. The van der Waals surface area contributed by atoms with Gasteiger partial charge in [0.1, 0.15) is 18.8 Å². The summed E-state index contributed by atoms with van der Waals surface area (Å²) in [6.07, 6.45) is 1.34. The van der Waals surface area contributed by atoms with E-state index < -0.39 is 18.2 Å². The van der Waals surface area contributed by atoms with Gasteiger partial charge in [-0.25, -0.2) is 4.79 Å². The molecule has 5 nitrogen and oxygen atoms in total. The van der Waals surface area contributed by atoms with Crippen molar-refractivity contribution in [1.82, 2.24) is 4.90 Å². The number of rotatable bonds is 6. The van der Waals surface area contributed by atoms with Gasteiger partial charge in [0, 0.05) is 10.0 Å². The third kappa shape index (κ3) is 4.34. The van der Waals surface area contributed by atoms with E-state index in [1.54, 1.807) is 36.1 Å². The number of benzene rings is 2. The van der Waals surface area contributed by atoms with E-state index in [4.69, 9.17) is 32.7 Å². The molecular formula is C23H23Cl2NO4. The Hall–Kier alpha value is -2.08. The number of amides is 1. The highest BCUT2D eigenvalue weighted by molar-refractivity contribution is 6.30. The molecule has 0 bridgehead atoms. The van der Waals surface area contributed by atoms with E-state index >= 15 is 0 Å².